The summed E-state index contributed by atoms with van der Waals surface area (Å²) in [5.41, 5.74) is -8.51. The van der Waals surface area contributed by atoms with Crippen LogP contribution in [-0.4, -0.2) is 4.98 Å². The second kappa shape index (κ2) is 5.09. The molecule has 1 aromatic rings. The standard InChI is InChI=1S/C10H3F9N2/c11-8(12,13)5-3-6(9(14,15)16)21-7(10(17,18)19)4(5)1-2-20/h3H,1H2. The minimum Gasteiger partial charge on any atom is -0.238 e. The van der Waals surface area contributed by atoms with Crippen LogP contribution in [0.3, 0.4) is 0 Å². The molecular formula is C10H3F9N2. The third-order valence-corrected chi connectivity index (χ3v) is 2.24. The fraction of sp³-hybridized carbons (Fsp3) is 0.400. The minimum absolute atomic E-state index is 0.540. The summed E-state index contributed by atoms with van der Waals surface area (Å²) in [5, 5.41) is 8.29. The van der Waals surface area contributed by atoms with Crippen LogP contribution in [0.1, 0.15) is 22.5 Å². The van der Waals surface area contributed by atoms with Crippen LogP contribution in [0.4, 0.5) is 39.5 Å². The molecule has 0 aliphatic rings. The molecule has 1 aromatic heterocycles. The fourth-order valence-electron chi connectivity index (χ4n) is 1.46. The third-order valence-electron chi connectivity index (χ3n) is 2.24. The Kier molecular flexibility index (Phi) is 4.13. The number of aromatic nitrogens is 1. The van der Waals surface area contributed by atoms with Crippen LogP contribution in [0.25, 0.3) is 0 Å². The van der Waals surface area contributed by atoms with E-state index in [-0.39, 0.29) is 0 Å². The fourth-order valence-corrected chi connectivity index (χ4v) is 1.46. The largest absolute Gasteiger partial charge is 0.433 e. The van der Waals surface area contributed by atoms with E-state index in [1.807, 2.05) is 0 Å². The van der Waals surface area contributed by atoms with E-state index in [2.05, 4.69) is 4.98 Å². The Morgan fingerprint density at radius 2 is 1.43 bits per heavy atom. The van der Waals surface area contributed by atoms with Crippen LogP contribution in [-0.2, 0) is 24.9 Å². The average molecular weight is 322 g/mol. The van der Waals surface area contributed by atoms with Gasteiger partial charge in [0.05, 0.1) is 18.1 Å². The van der Waals surface area contributed by atoms with Gasteiger partial charge in [-0.1, -0.05) is 0 Å². The lowest BCUT2D eigenvalue weighted by Crippen LogP contribution is -2.22. The zero-order valence-corrected chi connectivity index (χ0v) is 9.58. The van der Waals surface area contributed by atoms with Crippen molar-refractivity contribution in [2.24, 2.45) is 0 Å². The van der Waals surface area contributed by atoms with E-state index in [1.165, 1.54) is 0 Å². The number of hydrogen-bond acceptors (Lipinski definition) is 2. The van der Waals surface area contributed by atoms with Crippen LogP contribution in [0.2, 0.25) is 0 Å². The molecule has 0 radical (unpaired) electrons. The van der Waals surface area contributed by atoms with Crippen molar-refractivity contribution in [3.63, 3.8) is 0 Å². The molecule has 0 atom stereocenters. The van der Waals surface area contributed by atoms with Gasteiger partial charge in [0.15, 0.2) is 0 Å². The summed E-state index contributed by atoms with van der Waals surface area (Å²) in [6.45, 7) is 0. The number of hydrogen-bond donors (Lipinski definition) is 0. The molecule has 1 heterocycles. The lowest BCUT2D eigenvalue weighted by Gasteiger charge is -2.18. The van der Waals surface area contributed by atoms with Crippen LogP contribution in [0, 0.1) is 11.3 Å². The molecule has 0 saturated carbocycles. The maximum absolute atomic E-state index is 12.6. The van der Waals surface area contributed by atoms with Gasteiger partial charge in [-0.2, -0.15) is 44.8 Å². The highest BCUT2D eigenvalue weighted by atomic mass is 19.4. The third kappa shape index (κ3) is 3.77. The van der Waals surface area contributed by atoms with Gasteiger partial charge < -0.3 is 0 Å². The maximum Gasteiger partial charge on any atom is 0.433 e. The smallest absolute Gasteiger partial charge is 0.238 e. The first-order valence-electron chi connectivity index (χ1n) is 4.91. The van der Waals surface area contributed by atoms with Crippen molar-refractivity contribution in [3.8, 4) is 6.07 Å². The number of pyridine rings is 1. The van der Waals surface area contributed by atoms with Crippen molar-refractivity contribution in [2.75, 3.05) is 0 Å². The van der Waals surface area contributed by atoms with E-state index in [0.717, 1.165) is 6.07 Å². The monoisotopic (exact) mass is 322 g/mol. The van der Waals surface area contributed by atoms with Crippen LogP contribution < -0.4 is 0 Å². The second-order valence-electron chi connectivity index (χ2n) is 3.71. The van der Waals surface area contributed by atoms with Crippen LogP contribution in [0.5, 0.6) is 0 Å². The topological polar surface area (TPSA) is 36.7 Å². The first-order chi connectivity index (χ1) is 9.28. The van der Waals surface area contributed by atoms with Crippen LogP contribution in [0.15, 0.2) is 6.07 Å². The molecule has 0 bridgehead atoms. The Balaban J connectivity index is 3.80. The van der Waals surface area contributed by atoms with Crippen molar-refractivity contribution in [1.29, 1.82) is 5.26 Å². The lowest BCUT2D eigenvalue weighted by atomic mass is 10.0. The zero-order valence-electron chi connectivity index (χ0n) is 9.58. The molecule has 0 N–H and O–H groups in total. The molecular weight excluding hydrogens is 319 g/mol. The van der Waals surface area contributed by atoms with Gasteiger partial charge in [-0.25, -0.2) is 4.98 Å². The number of halogens is 9. The highest BCUT2D eigenvalue weighted by Crippen LogP contribution is 2.41. The van der Waals surface area contributed by atoms with E-state index in [9.17, 15) is 39.5 Å². The van der Waals surface area contributed by atoms with E-state index in [0.29, 0.717) is 0 Å². The predicted molar refractivity (Wildman–Crippen MR) is 48.6 cm³/mol. The molecule has 1 rings (SSSR count). The SMILES string of the molecule is N#CCc1c(C(F)(F)F)cc(C(F)(F)F)nc1C(F)(F)F. The minimum atomic E-state index is -5.56. The first kappa shape index (κ1) is 17.1. The average Bonchev–Trinajstić information content (AvgIpc) is 2.24. The van der Waals surface area contributed by atoms with E-state index in [4.69, 9.17) is 5.26 Å². The Morgan fingerprint density at radius 1 is 0.905 bits per heavy atom. The number of nitrogens with zero attached hydrogens (tertiary/aromatic N) is 2. The molecule has 0 spiro atoms. The van der Waals surface area contributed by atoms with Gasteiger partial charge in [0.2, 0.25) is 0 Å². The summed E-state index contributed by atoms with van der Waals surface area (Å²) < 4.78 is 113. The van der Waals surface area contributed by atoms with Gasteiger partial charge in [0.25, 0.3) is 0 Å². The summed E-state index contributed by atoms with van der Waals surface area (Å²) >= 11 is 0. The van der Waals surface area contributed by atoms with Gasteiger partial charge in [0.1, 0.15) is 11.4 Å². The Bertz CT molecular complexity index is 539. The molecule has 0 aliphatic heterocycles. The molecule has 0 unspecified atom stereocenters. The molecule has 21 heavy (non-hydrogen) atoms. The summed E-state index contributed by atoms with van der Waals surface area (Å²) in [7, 11) is 0. The van der Waals surface area contributed by atoms with Gasteiger partial charge in [-0.15, -0.1) is 0 Å². The van der Waals surface area contributed by atoms with Gasteiger partial charge in [-0.05, 0) is 6.07 Å². The zero-order chi connectivity index (χ0) is 16.6. The van der Waals surface area contributed by atoms with Gasteiger partial charge in [-0.3, -0.25) is 0 Å². The maximum atomic E-state index is 12.6. The Morgan fingerprint density at radius 3 is 1.76 bits per heavy atom. The van der Waals surface area contributed by atoms with Crippen molar-refractivity contribution >= 4 is 0 Å². The molecule has 2 nitrogen and oxygen atoms in total. The normalized spacial score (nSPS) is 13.1. The molecule has 0 saturated heterocycles. The molecule has 11 heteroatoms. The Hall–Kier alpha value is -1.99. The predicted octanol–water partition coefficient (Wildman–Crippen LogP) is 4.20. The highest BCUT2D eigenvalue weighted by molar-refractivity contribution is 5.39. The quantitative estimate of drug-likeness (QED) is 0.727. The van der Waals surface area contributed by atoms with E-state index >= 15 is 0 Å². The van der Waals surface area contributed by atoms with Gasteiger partial charge in [0, 0.05) is 5.56 Å². The summed E-state index contributed by atoms with van der Waals surface area (Å²) in [5.74, 6) is 0. The molecule has 0 amide bonds. The first-order valence-corrected chi connectivity index (χ1v) is 4.91. The molecule has 0 fully saturated rings. The van der Waals surface area contributed by atoms with Crippen molar-refractivity contribution in [3.05, 3.63) is 28.6 Å². The van der Waals surface area contributed by atoms with E-state index in [1.54, 1.807) is 0 Å². The molecule has 116 valence electrons. The summed E-state index contributed by atoms with van der Waals surface area (Å²) in [6, 6.07) is 0.506. The van der Waals surface area contributed by atoms with Gasteiger partial charge >= 0.3 is 18.5 Å². The second-order valence-corrected chi connectivity index (χ2v) is 3.71. The van der Waals surface area contributed by atoms with Crippen molar-refractivity contribution in [1.82, 2.24) is 4.98 Å². The lowest BCUT2D eigenvalue weighted by molar-refractivity contribution is -0.154. The van der Waals surface area contributed by atoms with E-state index < -0.39 is 53.5 Å². The number of nitriles is 1. The molecule has 0 aromatic carbocycles. The number of alkyl halides is 9. The summed E-state index contributed by atoms with van der Waals surface area (Å²) in [4.78, 5) is 2.21. The number of rotatable bonds is 1. The highest BCUT2D eigenvalue weighted by Gasteiger charge is 2.45. The van der Waals surface area contributed by atoms with Crippen LogP contribution >= 0.6 is 0 Å². The summed E-state index contributed by atoms with van der Waals surface area (Å²) in [6.07, 6.45) is -17.9. The van der Waals surface area contributed by atoms with Crippen molar-refractivity contribution < 1.29 is 39.5 Å². The Labute approximate surface area is 110 Å². The van der Waals surface area contributed by atoms with Crippen molar-refractivity contribution in [2.45, 2.75) is 24.9 Å². The molecule has 0 aliphatic carbocycles.